The van der Waals surface area contributed by atoms with Crippen LogP contribution in [-0.2, 0) is 33.1 Å². The summed E-state index contributed by atoms with van der Waals surface area (Å²) >= 11 is 0. The summed E-state index contributed by atoms with van der Waals surface area (Å²) in [5.41, 5.74) is 1.79. The highest BCUT2D eigenvalue weighted by atomic mass is 16.5. The zero-order valence-electron chi connectivity index (χ0n) is 25.6. The molecule has 6 rings (SSSR count). The van der Waals surface area contributed by atoms with Crippen molar-refractivity contribution in [3.63, 3.8) is 0 Å². The Kier molecular flexibility index (Phi) is 9.45. The summed E-state index contributed by atoms with van der Waals surface area (Å²) in [6, 6.07) is 12.0. The molecule has 0 aliphatic rings. The monoisotopic (exact) mass is 627 g/mol. The number of pyridine rings is 2. The Labute approximate surface area is 260 Å². The second kappa shape index (κ2) is 13.8. The molecule has 236 valence electrons. The highest BCUT2D eigenvalue weighted by molar-refractivity contribution is 5.76. The number of aryl methyl sites for hydroxylation is 4. The first-order valence-corrected chi connectivity index (χ1v) is 14.4. The summed E-state index contributed by atoms with van der Waals surface area (Å²) in [5.74, 6) is 0. The molecule has 0 aromatic carbocycles. The first-order valence-electron chi connectivity index (χ1n) is 14.4. The van der Waals surface area contributed by atoms with E-state index in [-0.39, 0.29) is 53.0 Å². The second-order valence-electron chi connectivity index (χ2n) is 10.2. The van der Waals surface area contributed by atoms with Crippen molar-refractivity contribution in [2.75, 3.05) is 0 Å². The Morgan fingerprint density at radius 3 is 1.85 bits per heavy atom. The molecule has 0 aliphatic carbocycles. The van der Waals surface area contributed by atoms with Crippen LogP contribution >= 0.6 is 0 Å². The molecule has 2 N–H and O–H groups in total. The summed E-state index contributed by atoms with van der Waals surface area (Å²) in [6.07, 6.45) is 4.86. The van der Waals surface area contributed by atoms with E-state index in [1.165, 1.54) is 12.1 Å². The summed E-state index contributed by atoms with van der Waals surface area (Å²) in [5, 5.41) is 0.554. The average molecular weight is 628 g/mol. The lowest BCUT2D eigenvalue weighted by Crippen LogP contribution is -2.27. The number of ether oxygens (including phenoxy) is 2. The summed E-state index contributed by atoms with van der Waals surface area (Å²) in [6.45, 7) is 5.96. The van der Waals surface area contributed by atoms with Gasteiger partial charge >= 0.3 is 11.3 Å². The lowest BCUT2D eigenvalue weighted by molar-refractivity contribution is -0.672. The topological polar surface area (TPSA) is 187 Å². The van der Waals surface area contributed by atoms with Crippen LogP contribution in [0.4, 0.5) is 0 Å². The van der Waals surface area contributed by atoms with Crippen LogP contribution in [0.25, 0.3) is 22.2 Å². The van der Waals surface area contributed by atoms with Crippen LogP contribution in [0.3, 0.4) is 0 Å². The molecule has 0 spiro atoms. The van der Waals surface area contributed by atoms with Gasteiger partial charge in [0.05, 0.1) is 11.3 Å². The number of nitrogens with zero attached hydrogens (tertiary/aromatic N) is 4. The van der Waals surface area contributed by atoms with Crippen molar-refractivity contribution in [3.8, 4) is 12.0 Å². The molecular formula is C32H31N6O8+. The number of rotatable bonds is 8. The van der Waals surface area contributed by atoms with Gasteiger partial charge in [-0.05, 0) is 49.1 Å². The fraction of sp³-hybridized carbons (Fsp3) is 0.250. The number of hydrogen-bond donors (Lipinski definition) is 2. The zero-order valence-corrected chi connectivity index (χ0v) is 25.6. The highest BCUT2D eigenvalue weighted by Crippen LogP contribution is 2.15. The Balaban J connectivity index is 0.000000181. The standard InChI is InChI=1S/2C16H15N3O4/c1-3-11-7-12(20)23-15-13(11)14(21)17-16(18-15)22-9-10-5-4-6-19(2)8-10;1-3-10-7-12(20)23-15-13(10)14(21)18-16(19-15)22-8-11-6-4-5-9(2)17-11/h4-8H,3,9H2,1-2H3;4-7H,3,8H2,1-2H3,(H,18,19,21)/p+1. The minimum absolute atomic E-state index is 0.00767. The molecule has 14 nitrogen and oxygen atoms in total. The van der Waals surface area contributed by atoms with E-state index in [9.17, 15) is 19.2 Å². The van der Waals surface area contributed by atoms with Gasteiger partial charge in [0.15, 0.2) is 12.4 Å². The molecule has 0 saturated carbocycles. The van der Waals surface area contributed by atoms with Crippen LogP contribution in [0, 0.1) is 6.92 Å². The molecule has 0 bridgehead atoms. The number of nitrogens with one attached hydrogen (secondary N) is 2. The lowest BCUT2D eigenvalue weighted by atomic mass is 10.1. The van der Waals surface area contributed by atoms with Crippen molar-refractivity contribution in [2.45, 2.75) is 46.8 Å². The maximum Gasteiger partial charge on any atom is 0.337 e. The first kappa shape index (κ1) is 31.5. The van der Waals surface area contributed by atoms with Gasteiger partial charge < -0.3 is 18.3 Å². The van der Waals surface area contributed by atoms with Crippen molar-refractivity contribution in [1.82, 2.24) is 24.9 Å². The van der Waals surface area contributed by atoms with Gasteiger partial charge in [-0.2, -0.15) is 9.97 Å². The minimum atomic E-state index is -0.543. The van der Waals surface area contributed by atoms with Crippen LogP contribution in [0.2, 0.25) is 0 Å². The van der Waals surface area contributed by atoms with Crippen LogP contribution in [0.1, 0.15) is 41.9 Å². The van der Waals surface area contributed by atoms with Crippen LogP contribution in [0.5, 0.6) is 12.0 Å². The summed E-state index contributed by atoms with van der Waals surface area (Å²) < 4.78 is 22.9. The number of aromatic nitrogens is 6. The molecule has 0 unspecified atom stereocenters. The smallest absolute Gasteiger partial charge is 0.337 e. The fourth-order valence-electron chi connectivity index (χ4n) is 4.66. The van der Waals surface area contributed by atoms with Crippen molar-refractivity contribution in [3.05, 3.63) is 124 Å². The quantitative estimate of drug-likeness (QED) is 0.236. The van der Waals surface area contributed by atoms with Crippen LogP contribution < -0.4 is 36.4 Å². The molecule has 0 saturated heterocycles. The van der Waals surface area contributed by atoms with Crippen LogP contribution in [-0.4, -0.2) is 24.9 Å². The third-order valence-electron chi connectivity index (χ3n) is 6.79. The van der Waals surface area contributed by atoms with E-state index >= 15 is 0 Å². The van der Waals surface area contributed by atoms with Crippen LogP contribution in [0.15, 0.2) is 82.9 Å². The molecule has 0 amide bonds. The molecule has 0 aliphatic heterocycles. The van der Waals surface area contributed by atoms with Gasteiger partial charge in [0.2, 0.25) is 11.4 Å². The number of aromatic amines is 2. The van der Waals surface area contributed by atoms with Crippen molar-refractivity contribution in [2.24, 2.45) is 7.05 Å². The predicted octanol–water partition coefficient (Wildman–Crippen LogP) is 2.56. The van der Waals surface area contributed by atoms with Gasteiger partial charge in [-0.15, -0.1) is 0 Å². The maximum absolute atomic E-state index is 12.2. The fourth-order valence-corrected chi connectivity index (χ4v) is 4.66. The van der Waals surface area contributed by atoms with E-state index in [1.807, 2.05) is 75.1 Å². The normalized spacial score (nSPS) is 10.9. The van der Waals surface area contributed by atoms with E-state index in [4.69, 9.17) is 18.3 Å². The molecular weight excluding hydrogens is 596 g/mol. The number of fused-ring (bicyclic) bond motifs is 2. The molecule has 6 aromatic rings. The predicted molar refractivity (Wildman–Crippen MR) is 166 cm³/mol. The Morgan fingerprint density at radius 1 is 0.761 bits per heavy atom. The van der Waals surface area contributed by atoms with Crippen molar-refractivity contribution >= 4 is 22.2 Å². The third kappa shape index (κ3) is 7.41. The van der Waals surface area contributed by atoms with Gasteiger partial charge in [-0.25, -0.2) is 14.2 Å². The molecule has 0 radical (unpaired) electrons. The Morgan fingerprint density at radius 2 is 1.33 bits per heavy atom. The SMILES string of the molecule is CCc1cc(=O)oc2nc(OCc3ccc[n+](C)c3)[nH]c(=O)c12.CCc1cc(=O)oc2nc(OCc3cccc(C)n3)[nH]c(=O)c12. The van der Waals surface area contributed by atoms with E-state index in [0.29, 0.717) is 29.7 Å². The Hall–Kier alpha value is -5.92. The summed E-state index contributed by atoms with van der Waals surface area (Å²) in [4.78, 5) is 65.1. The van der Waals surface area contributed by atoms with Crippen molar-refractivity contribution in [1.29, 1.82) is 0 Å². The largest absolute Gasteiger partial charge is 0.460 e. The molecule has 14 heteroatoms. The molecule has 6 aromatic heterocycles. The van der Waals surface area contributed by atoms with E-state index < -0.39 is 16.8 Å². The average Bonchev–Trinajstić information content (AvgIpc) is 3.02. The van der Waals surface area contributed by atoms with E-state index in [0.717, 1.165) is 11.3 Å². The summed E-state index contributed by atoms with van der Waals surface area (Å²) in [7, 11) is 1.90. The highest BCUT2D eigenvalue weighted by Gasteiger charge is 2.14. The van der Waals surface area contributed by atoms with Gasteiger partial charge in [0.25, 0.3) is 23.1 Å². The number of hydrogen-bond acceptors (Lipinski definition) is 11. The second-order valence-corrected chi connectivity index (χ2v) is 10.2. The first-order chi connectivity index (χ1) is 22.1. The minimum Gasteiger partial charge on any atom is -0.460 e. The zero-order chi connectivity index (χ0) is 32.8. The lowest BCUT2D eigenvalue weighted by Gasteiger charge is -2.06. The van der Waals surface area contributed by atoms with Gasteiger partial charge in [-0.1, -0.05) is 19.9 Å². The molecule has 0 atom stereocenters. The van der Waals surface area contributed by atoms with Gasteiger partial charge in [-0.3, -0.25) is 24.5 Å². The van der Waals surface area contributed by atoms with Gasteiger partial charge in [0, 0.05) is 23.9 Å². The molecule has 46 heavy (non-hydrogen) atoms. The van der Waals surface area contributed by atoms with E-state index in [2.05, 4.69) is 24.9 Å². The number of H-pyrrole nitrogens is 2. The Bertz CT molecular complexity index is 2110. The molecule has 0 fully saturated rings. The molecule has 6 heterocycles. The van der Waals surface area contributed by atoms with Gasteiger partial charge in [0.1, 0.15) is 31.0 Å². The van der Waals surface area contributed by atoms with Crippen molar-refractivity contribution < 1.29 is 22.9 Å². The van der Waals surface area contributed by atoms with E-state index in [1.54, 1.807) is 0 Å². The third-order valence-corrected chi connectivity index (χ3v) is 6.79. The maximum atomic E-state index is 12.2.